The Hall–Kier alpha value is -3.68. The maximum atomic E-state index is 13.1. The van der Waals surface area contributed by atoms with Crippen LogP contribution in [0.4, 0.5) is 5.69 Å². The lowest BCUT2D eigenvalue weighted by Gasteiger charge is -2.36. The summed E-state index contributed by atoms with van der Waals surface area (Å²) in [6.07, 6.45) is 0. The predicted octanol–water partition coefficient (Wildman–Crippen LogP) is 5.16. The molecule has 0 atom stereocenters. The first-order chi connectivity index (χ1) is 17.5. The number of aromatic hydroxyl groups is 1. The largest absolute Gasteiger partial charge is 0.507 e. The van der Waals surface area contributed by atoms with Crippen molar-refractivity contribution >= 4 is 28.3 Å². The van der Waals surface area contributed by atoms with Crippen molar-refractivity contribution in [2.24, 2.45) is 0 Å². The Morgan fingerprint density at radius 3 is 2.47 bits per heavy atom. The second-order valence-electron chi connectivity index (χ2n) is 8.74. The van der Waals surface area contributed by atoms with Gasteiger partial charge in [0, 0.05) is 60.4 Å². The lowest BCUT2D eigenvalue weighted by Crippen LogP contribution is -2.46. The number of piperazine rings is 1. The molecule has 1 N–H and O–H groups in total. The average Bonchev–Trinajstić information content (AvgIpc) is 2.90. The molecule has 1 aliphatic heterocycles. The third-order valence-electron chi connectivity index (χ3n) is 6.61. The minimum absolute atomic E-state index is 0.109. The molecule has 0 unspecified atom stereocenters. The first-order valence-electron chi connectivity index (χ1n) is 11.7. The van der Waals surface area contributed by atoms with Gasteiger partial charge in [-0.05, 0) is 48.5 Å². The molecular formula is C28H27ClN2O5. The van der Waals surface area contributed by atoms with E-state index in [1.54, 1.807) is 50.6 Å². The number of halogens is 1. The van der Waals surface area contributed by atoms with Crippen molar-refractivity contribution in [3.63, 3.8) is 0 Å². The highest BCUT2D eigenvalue weighted by molar-refractivity contribution is 6.30. The van der Waals surface area contributed by atoms with Crippen LogP contribution in [-0.4, -0.2) is 50.4 Å². The molecule has 0 bridgehead atoms. The molecule has 1 fully saturated rings. The summed E-state index contributed by atoms with van der Waals surface area (Å²) in [7, 11) is 3.12. The zero-order valence-corrected chi connectivity index (χ0v) is 20.9. The van der Waals surface area contributed by atoms with Crippen LogP contribution in [0.15, 0.2) is 69.9 Å². The van der Waals surface area contributed by atoms with E-state index in [4.69, 9.17) is 25.5 Å². The lowest BCUT2D eigenvalue weighted by atomic mass is 10.0. The van der Waals surface area contributed by atoms with Crippen LogP contribution in [0.25, 0.3) is 22.1 Å². The van der Waals surface area contributed by atoms with Gasteiger partial charge in [0.2, 0.25) is 0 Å². The first kappa shape index (κ1) is 24.0. The number of benzene rings is 3. The highest BCUT2D eigenvalue weighted by Gasteiger charge is 2.22. The summed E-state index contributed by atoms with van der Waals surface area (Å²) < 4.78 is 16.6. The van der Waals surface area contributed by atoms with Gasteiger partial charge < -0.3 is 23.9 Å². The van der Waals surface area contributed by atoms with E-state index in [-0.39, 0.29) is 5.75 Å². The van der Waals surface area contributed by atoms with Crippen LogP contribution >= 0.6 is 11.6 Å². The van der Waals surface area contributed by atoms with E-state index < -0.39 is 5.63 Å². The molecular weight excluding hydrogens is 480 g/mol. The van der Waals surface area contributed by atoms with Crippen LogP contribution in [0, 0.1) is 0 Å². The Labute approximate surface area is 214 Å². The van der Waals surface area contributed by atoms with Crippen LogP contribution in [0.1, 0.15) is 5.56 Å². The number of hydrogen-bond donors (Lipinski definition) is 1. The molecule has 1 saturated heterocycles. The fourth-order valence-corrected chi connectivity index (χ4v) is 4.84. The van der Waals surface area contributed by atoms with Crippen molar-refractivity contribution in [2.45, 2.75) is 6.54 Å². The maximum absolute atomic E-state index is 13.1. The molecule has 0 saturated carbocycles. The van der Waals surface area contributed by atoms with E-state index in [9.17, 15) is 9.90 Å². The molecule has 2 heterocycles. The fourth-order valence-electron chi connectivity index (χ4n) is 4.65. The highest BCUT2D eigenvalue weighted by Crippen LogP contribution is 2.35. The summed E-state index contributed by atoms with van der Waals surface area (Å²) in [5.74, 6) is 1.25. The first-order valence-corrected chi connectivity index (χ1v) is 12.1. The summed E-state index contributed by atoms with van der Waals surface area (Å²) in [6.45, 7) is 3.73. The standard InChI is InChI=1S/C28H27ClN2O5/c1-34-21-7-8-22(26(16-21)35-2)23-14-18-6-9-25(32)24(27(18)36-28(23)33)17-30-10-12-31(13-11-30)20-5-3-4-19(29)15-20/h3-9,14-16,32H,10-13,17H2,1-2H3. The van der Waals surface area contributed by atoms with Crippen LogP contribution in [0.3, 0.4) is 0 Å². The van der Waals surface area contributed by atoms with E-state index in [1.807, 2.05) is 18.2 Å². The quantitative estimate of drug-likeness (QED) is 0.362. The summed E-state index contributed by atoms with van der Waals surface area (Å²) >= 11 is 6.15. The number of nitrogens with zero attached hydrogens (tertiary/aromatic N) is 2. The Morgan fingerprint density at radius 2 is 1.75 bits per heavy atom. The molecule has 0 spiro atoms. The molecule has 3 aromatic carbocycles. The number of hydrogen-bond acceptors (Lipinski definition) is 7. The van der Waals surface area contributed by atoms with Gasteiger partial charge in [0.05, 0.1) is 25.3 Å². The second-order valence-corrected chi connectivity index (χ2v) is 9.17. The van der Waals surface area contributed by atoms with Crippen molar-refractivity contribution in [1.82, 2.24) is 4.90 Å². The molecule has 0 radical (unpaired) electrons. The Bertz CT molecular complexity index is 1460. The summed E-state index contributed by atoms with van der Waals surface area (Å²) in [5.41, 5.74) is 2.60. The van der Waals surface area contributed by atoms with Gasteiger partial charge in [-0.3, -0.25) is 4.90 Å². The smallest absolute Gasteiger partial charge is 0.344 e. The summed E-state index contributed by atoms with van der Waals surface area (Å²) in [4.78, 5) is 17.6. The van der Waals surface area contributed by atoms with E-state index in [1.165, 1.54) is 0 Å². The maximum Gasteiger partial charge on any atom is 0.344 e. The Morgan fingerprint density at radius 1 is 0.944 bits per heavy atom. The molecule has 0 aliphatic carbocycles. The number of anilines is 1. The molecule has 4 aromatic rings. The lowest BCUT2D eigenvalue weighted by molar-refractivity contribution is 0.246. The van der Waals surface area contributed by atoms with Gasteiger partial charge in [-0.2, -0.15) is 0 Å². The zero-order valence-electron chi connectivity index (χ0n) is 20.2. The molecule has 36 heavy (non-hydrogen) atoms. The van der Waals surface area contributed by atoms with Gasteiger partial charge in [0.15, 0.2) is 0 Å². The molecule has 1 aliphatic rings. The van der Waals surface area contributed by atoms with E-state index in [2.05, 4.69) is 15.9 Å². The molecule has 0 amide bonds. The normalized spacial score (nSPS) is 14.2. The third kappa shape index (κ3) is 4.72. The van der Waals surface area contributed by atoms with Gasteiger partial charge in [-0.1, -0.05) is 17.7 Å². The van der Waals surface area contributed by atoms with E-state index >= 15 is 0 Å². The fraction of sp³-hybridized carbons (Fsp3) is 0.250. The van der Waals surface area contributed by atoms with Crippen molar-refractivity contribution < 1.29 is 19.0 Å². The Kier molecular flexibility index (Phi) is 6.76. The minimum atomic E-state index is -0.497. The topological polar surface area (TPSA) is 75.4 Å². The van der Waals surface area contributed by atoms with Crippen LogP contribution < -0.4 is 20.0 Å². The number of ether oxygens (including phenoxy) is 2. The van der Waals surface area contributed by atoms with Gasteiger partial charge in [-0.25, -0.2) is 4.79 Å². The number of rotatable bonds is 6. The van der Waals surface area contributed by atoms with Crippen LogP contribution in [-0.2, 0) is 6.54 Å². The second kappa shape index (κ2) is 10.1. The van der Waals surface area contributed by atoms with Crippen molar-refractivity contribution in [3.8, 4) is 28.4 Å². The highest BCUT2D eigenvalue weighted by atomic mass is 35.5. The SMILES string of the molecule is COc1ccc(-c2cc3ccc(O)c(CN4CCN(c5cccc(Cl)c5)CC4)c3oc2=O)c(OC)c1. The van der Waals surface area contributed by atoms with Gasteiger partial charge in [-0.15, -0.1) is 0 Å². The van der Waals surface area contributed by atoms with Crippen molar-refractivity contribution in [3.05, 3.63) is 81.7 Å². The average molecular weight is 507 g/mol. The van der Waals surface area contributed by atoms with E-state index in [0.717, 1.165) is 42.3 Å². The van der Waals surface area contributed by atoms with Crippen molar-refractivity contribution in [2.75, 3.05) is 45.3 Å². The molecule has 5 rings (SSSR count). The number of phenolic OH excluding ortho intramolecular Hbond substituents is 1. The molecule has 186 valence electrons. The van der Waals surface area contributed by atoms with E-state index in [0.29, 0.717) is 40.3 Å². The summed E-state index contributed by atoms with van der Waals surface area (Å²) in [5, 5.41) is 12.1. The Balaban J connectivity index is 1.42. The van der Waals surface area contributed by atoms with Gasteiger partial charge in [0.25, 0.3) is 0 Å². The van der Waals surface area contributed by atoms with Crippen LogP contribution in [0.5, 0.6) is 17.2 Å². The third-order valence-corrected chi connectivity index (χ3v) is 6.84. The molecule has 8 heteroatoms. The number of methoxy groups -OCH3 is 2. The van der Waals surface area contributed by atoms with Gasteiger partial charge in [0.1, 0.15) is 22.8 Å². The minimum Gasteiger partial charge on any atom is -0.507 e. The van der Waals surface area contributed by atoms with Crippen LogP contribution in [0.2, 0.25) is 5.02 Å². The predicted molar refractivity (Wildman–Crippen MR) is 142 cm³/mol. The van der Waals surface area contributed by atoms with Gasteiger partial charge >= 0.3 is 5.63 Å². The molecule has 1 aromatic heterocycles. The number of phenols is 1. The van der Waals surface area contributed by atoms with Crippen molar-refractivity contribution in [1.29, 1.82) is 0 Å². The number of fused-ring (bicyclic) bond motifs is 1. The summed E-state index contributed by atoms with van der Waals surface area (Å²) in [6, 6.07) is 18.3. The zero-order chi connectivity index (χ0) is 25.2. The monoisotopic (exact) mass is 506 g/mol. The molecule has 7 nitrogen and oxygen atoms in total.